The molecule has 0 atom stereocenters. The summed E-state index contributed by atoms with van der Waals surface area (Å²) in [5, 5.41) is 0. The van der Waals surface area contributed by atoms with E-state index in [1.165, 1.54) is 7.11 Å². The summed E-state index contributed by atoms with van der Waals surface area (Å²) in [5.74, 6) is 0.412. The molecule has 1 saturated carbocycles. The summed E-state index contributed by atoms with van der Waals surface area (Å²) < 4.78 is 34.7. The van der Waals surface area contributed by atoms with Crippen molar-refractivity contribution < 1.29 is 13.2 Å². The highest BCUT2D eigenvalue weighted by Crippen LogP contribution is 2.39. The van der Waals surface area contributed by atoms with Gasteiger partial charge in [-0.05, 0) is 63.5 Å². The van der Waals surface area contributed by atoms with Crippen molar-refractivity contribution in [3.8, 4) is 5.75 Å². The van der Waals surface area contributed by atoms with Crippen molar-refractivity contribution in [1.29, 1.82) is 0 Å². The number of hydrogen-bond donors (Lipinski definition) is 0. The van der Waals surface area contributed by atoms with Crippen molar-refractivity contribution in [3.05, 3.63) is 22.7 Å². The first kappa shape index (κ1) is 18.2. The summed E-state index contributed by atoms with van der Waals surface area (Å²) in [6.07, 6.45) is 3.73. The van der Waals surface area contributed by atoms with E-state index in [0.29, 0.717) is 5.75 Å². The van der Waals surface area contributed by atoms with Crippen molar-refractivity contribution in [1.82, 2.24) is 9.21 Å². The first-order valence-electron chi connectivity index (χ1n) is 8.56. The maximum Gasteiger partial charge on any atom is 0.247 e. The van der Waals surface area contributed by atoms with Gasteiger partial charge >= 0.3 is 0 Å². The maximum absolute atomic E-state index is 13.4. The van der Waals surface area contributed by atoms with E-state index in [9.17, 15) is 8.42 Å². The van der Waals surface area contributed by atoms with Crippen LogP contribution in [0, 0.1) is 0 Å². The molecule has 1 aromatic rings. The molecule has 7 heteroatoms. The zero-order chi connectivity index (χ0) is 17.3. The van der Waals surface area contributed by atoms with E-state index < -0.39 is 10.0 Å². The van der Waals surface area contributed by atoms with Crippen molar-refractivity contribution in [2.75, 3.05) is 26.7 Å². The summed E-state index contributed by atoms with van der Waals surface area (Å²) >= 11 is 3.39. The minimum absolute atomic E-state index is 0.0917. The average Bonchev–Trinajstić information content (AvgIpc) is 3.40. The van der Waals surface area contributed by atoms with Gasteiger partial charge in [0.25, 0.3) is 0 Å². The minimum Gasteiger partial charge on any atom is -0.495 e. The van der Waals surface area contributed by atoms with Crippen LogP contribution in [0.5, 0.6) is 5.75 Å². The Hall–Kier alpha value is -0.630. The van der Waals surface area contributed by atoms with Crippen LogP contribution in [0.25, 0.3) is 0 Å². The Balaban J connectivity index is 1.92. The van der Waals surface area contributed by atoms with E-state index >= 15 is 0 Å². The van der Waals surface area contributed by atoms with Gasteiger partial charge in [-0.1, -0.05) is 22.9 Å². The highest BCUT2D eigenvalue weighted by atomic mass is 79.9. The van der Waals surface area contributed by atoms with Gasteiger partial charge in [0.1, 0.15) is 10.6 Å². The summed E-state index contributed by atoms with van der Waals surface area (Å²) in [4.78, 5) is 2.65. The van der Waals surface area contributed by atoms with Crippen LogP contribution in [0.4, 0.5) is 0 Å². The van der Waals surface area contributed by atoms with Crippen molar-refractivity contribution >= 4 is 26.0 Å². The number of benzene rings is 1. The topological polar surface area (TPSA) is 49.9 Å². The standard InChI is InChI=1S/C17H25BrN2O3S/c1-3-19-10-8-15(9-11-19)20(14-5-6-14)24(21,22)17-12-13(18)4-7-16(17)23-2/h4,7,12,14-15H,3,5-6,8-11H2,1-2H3. The number of likely N-dealkylation sites (tertiary alicyclic amines) is 1. The first-order chi connectivity index (χ1) is 11.5. The molecule has 0 amide bonds. The normalized spacial score (nSPS) is 20.5. The Morgan fingerprint density at radius 3 is 2.38 bits per heavy atom. The molecule has 1 aliphatic carbocycles. The zero-order valence-corrected chi connectivity index (χ0v) is 16.6. The van der Waals surface area contributed by atoms with Crippen LogP contribution < -0.4 is 4.74 Å². The van der Waals surface area contributed by atoms with Gasteiger partial charge in [-0.3, -0.25) is 0 Å². The summed E-state index contributed by atoms with van der Waals surface area (Å²) in [5.41, 5.74) is 0. The molecule has 0 bridgehead atoms. The average molecular weight is 417 g/mol. The van der Waals surface area contributed by atoms with Gasteiger partial charge < -0.3 is 9.64 Å². The molecule has 1 heterocycles. The lowest BCUT2D eigenvalue weighted by Gasteiger charge is -2.37. The quantitative estimate of drug-likeness (QED) is 0.714. The fourth-order valence-corrected chi connectivity index (χ4v) is 6.10. The number of halogens is 1. The van der Waals surface area contributed by atoms with Gasteiger partial charge in [-0.15, -0.1) is 0 Å². The van der Waals surface area contributed by atoms with Crippen molar-refractivity contribution in [2.45, 2.75) is 49.6 Å². The molecule has 0 spiro atoms. The van der Waals surface area contributed by atoms with Crippen molar-refractivity contribution in [3.63, 3.8) is 0 Å². The second-order valence-corrected chi connectivity index (χ2v) is 9.25. The Kier molecular flexibility index (Phi) is 5.54. The number of piperidine rings is 1. The van der Waals surface area contributed by atoms with Crippen LogP contribution in [0.3, 0.4) is 0 Å². The summed E-state index contributed by atoms with van der Waals surface area (Å²) in [6, 6.07) is 5.41. The van der Waals surface area contributed by atoms with E-state index in [1.807, 2.05) is 0 Å². The number of rotatable bonds is 6. The van der Waals surface area contributed by atoms with Crippen LogP contribution in [0.1, 0.15) is 32.6 Å². The second kappa shape index (κ2) is 7.32. The highest BCUT2D eigenvalue weighted by Gasteiger charge is 2.44. The smallest absolute Gasteiger partial charge is 0.247 e. The maximum atomic E-state index is 13.4. The Bertz CT molecular complexity index is 683. The zero-order valence-electron chi connectivity index (χ0n) is 14.2. The van der Waals surface area contributed by atoms with E-state index in [1.54, 1.807) is 22.5 Å². The lowest BCUT2D eigenvalue weighted by atomic mass is 10.1. The Morgan fingerprint density at radius 1 is 1.21 bits per heavy atom. The molecule has 3 rings (SSSR count). The third kappa shape index (κ3) is 3.64. The molecule has 2 aliphatic rings. The molecule has 1 saturated heterocycles. The van der Waals surface area contributed by atoms with Gasteiger partial charge in [-0.25, -0.2) is 8.42 Å². The Morgan fingerprint density at radius 2 is 1.83 bits per heavy atom. The van der Waals surface area contributed by atoms with Crippen LogP contribution >= 0.6 is 15.9 Å². The lowest BCUT2D eigenvalue weighted by Crippen LogP contribution is -2.48. The van der Waals surface area contributed by atoms with Crippen LogP contribution in [-0.2, 0) is 10.0 Å². The van der Waals surface area contributed by atoms with Crippen LogP contribution in [-0.4, -0.2) is 56.5 Å². The van der Waals surface area contributed by atoms with E-state index in [2.05, 4.69) is 27.8 Å². The SMILES string of the molecule is CCN1CCC(N(C2CC2)S(=O)(=O)c2cc(Br)ccc2OC)CC1. The molecule has 0 N–H and O–H groups in total. The molecular weight excluding hydrogens is 392 g/mol. The van der Waals surface area contributed by atoms with E-state index in [4.69, 9.17) is 4.74 Å². The first-order valence-corrected chi connectivity index (χ1v) is 10.8. The highest BCUT2D eigenvalue weighted by molar-refractivity contribution is 9.10. The molecule has 0 unspecified atom stereocenters. The molecule has 24 heavy (non-hydrogen) atoms. The number of ether oxygens (including phenoxy) is 1. The van der Waals surface area contributed by atoms with Gasteiger partial charge in [0.15, 0.2) is 0 Å². The lowest BCUT2D eigenvalue weighted by molar-refractivity contribution is 0.161. The molecular formula is C17H25BrN2O3S. The largest absolute Gasteiger partial charge is 0.495 e. The number of sulfonamides is 1. The summed E-state index contributed by atoms with van der Waals surface area (Å²) in [7, 11) is -2.05. The summed E-state index contributed by atoms with van der Waals surface area (Å²) in [6.45, 7) is 5.12. The molecule has 1 aliphatic heterocycles. The molecule has 2 fully saturated rings. The minimum atomic E-state index is -3.57. The fraction of sp³-hybridized carbons (Fsp3) is 0.647. The fourth-order valence-electron chi connectivity index (χ4n) is 3.48. The molecule has 1 aromatic carbocycles. The number of nitrogens with zero attached hydrogens (tertiary/aromatic N) is 2. The van der Waals surface area contributed by atoms with E-state index in [0.717, 1.165) is 49.8 Å². The van der Waals surface area contributed by atoms with Gasteiger partial charge in [0, 0.05) is 16.6 Å². The Labute approximate surface area is 153 Å². The predicted octanol–water partition coefficient (Wildman–Crippen LogP) is 3.10. The number of methoxy groups -OCH3 is 1. The van der Waals surface area contributed by atoms with Crippen LogP contribution in [0.2, 0.25) is 0 Å². The molecule has 0 aromatic heterocycles. The van der Waals surface area contributed by atoms with Gasteiger partial charge in [0.05, 0.1) is 7.11 Å². The van der Waals surface area contributed by atoms with Gasteiger partial charge in [-0.2, -0.15) is 4.31 Å². The number of hydrogen-bond acceptors (Lipinski definition) is 4. The second-order valence-electron chi connectivity index (χ2n) is 6.53. The predicted molar refractivity (Wildman–Crippen MR) is 97.9 cm³/mol. The molecule has 5 nitrogen and oxygen atoms in total. The monoisotopic (exact) mass is 416 g/mol. The van der Waals surface area contributed by atoms with Gasteiger partial charge in [0.2, 0.25) is 10.0 Å². The third-order valence-electron chi connectivity index (χ3n) is 4.95. The third-order valence-corrected chi connectivity index (χ3v) is 7.47. The van der Waals surface area contributed by atoms with Crippen molar-refractivity contribution in [2.24, 2.45) is 0 Å². The van der Waals surface area contributed by atoms with Crippen LogP contribution in [0.15, 0.2) is 27.6 Å². The molecule has 134 valence electrons. The molecule has 0 radical (unpaired) electrons. The van der Waals surface area contributed by atoms with E-state index in [-0.39, 0.29) is 17.0 Å².